The Hall–Kier alpha value is -2.62. The van der Waals surface area contributed by atoms with Crippen molar-refractivity contribution in [3.8, 4) is 5.75 Å². The van der Waals surface area contributed by atoms with Crippen molar-refractivity contribution >= 4 is 11.8 Å². The molecule has 186 valence electrons. The highest BCUT2D eigenvalue weighted by atomic mass is 16.5. The molecule has 0 aromatic heterocycles. The lowest BCUT2D eigenvalue weighted by Gasteiger charge is -2.50. The molecule has 35 heavy (non-hydrogen) atoms. The van der Waals surface area contributed by atoms with Crippen molar-refractivity contribution in [2.45, 2.75) is 77.7 Å². The third-order valence-electron chi connectivity index (χ3n) is 9.05. The third kappa shape index (κ3) is 4.77. The molecule has 0 aliphatic heterocycles. The molecule has 3 aliphatic carbocycles. The van der Waals surface area contributed by atoms with E-state index in [1.807, 2.05) is 25.1 Å². The van der Waals surface area contributed by atoms with E-state index in [0.29, 0.717) is 55.5 Å². The van der Waals surface area contributed by atoms with Gasteiger partial charge in [-0.25, -0.2) is 0 Å². The number of ether oxygens (including phenoxy) is 2. The van der Waals surface area contributed by atoms with Crippen molar-refractivity contribution < 1.29 is 19.1 Å². The minimum atomic E-state index is -0.188. The minimum Gasteiger partial charge on any atom is -0.489 e. The second-order valence-corrected chi connectivity index (χ2v) is 11.0. The van der Waals surface area contributed by atoms with Crippen molar-refractivity contribution in [3.05, 3.63) is 65.2 Å². The summed E-state index contributed by atoms with van der Waals surface area (Å²) in [5.41, 5.74) is 3.88. The van der Waals surface area contributed by atoms with Gasteiger partial charge in [0.25, 0.3) is 0 Å². The first-order valence-corrected chi connectivity index (χ1v) is 13.5. The van der Waals surface area contributed by atoms with Crippen molar-refractivity contribution in [1.82, 2.24) is 0 Å². The number of carbonyl (C=O) groups is 2. The Morgan fingerprint density at radius 2 is 1.94 bits per heavy atom. The zero-order valence-corrected chi connectivity index (χ0v) is 21.1. The van der Waals surface area contributed by atoms with E-state index in [2.05, 4.69) is 37.3 Å². The topological polar surface area (TPSA) is 52.6 Å². The van der Waals surface area contributed by atoms with Gasteiger partial charge < -0.3 is 9.47 Å². The van der Waals surface area contributed by atoms with Crippen LogP contribution < -0.4 is 4.74 Å². The molecule has 2 aromatic rings. The molecule has 2 fully saturated rings. The summed E-state index contributed by atoms with van der Waals surface area (Å²) in [6, 6.07) is 17.0. The summed E-state index contributed by atoms with van der Waals surface area (Å²) in [6.07, 6.45) is 7.19. The van der Waals surface area contributed by atoms with Crippen LogP contribution in [0.2, 0.25) is 0 Å². The number of carbonyl (C=O) groups excluding carboxylic acids is 2. The van der Waals surface area contributed by atoms with E-state index in [4.69, 9.17) is 9.47 Å². The van der Waals surface area contributed by atoms with Crippen molar-refractivity contribution in [2.75, 3.05) is 6.61 Å². The van der Waals surface area contributed by atoms with Crippen LogP contribution in [0.5, 0.6) is 5.75 Å². The predicted molar refractivity (Wildman–Crippen MR) is 136 cm³/mol. The second-order valence-electron chi connectivity index (χ2n) is 11.0. The van der Waals surface area contributed by atoms with Gasteiger partial charge in [0.2, 0.25) is 0 Å². The molecule has 2 aromatic carbocycles. The fraction of sp³-hybridized carbons (Fsp3) is 0.548. The average molecular weight is 475 g/mol. The molecule has 0 spiro atoms. The molecule has 0 saturated heterocycles. The largest absolute Gasteiger partial charge is 0.489 e. The Balaban J connectivity index is 1.29. The van der Waals surface area contributed by atoms with E-state index in [0.717, 1.165) is 44.3 Å². The lowest BCUT2D eigenvalue weighted by Crippen LogP contribution is -2.44. The van der Waals surface area contributed by atoms with Crippen LogP contribution in [-0.4, -0.2) is 18.4 Å². The summed E-state index contributed by atoms with van der Waals surface area (Å²) in [7, 11) is 0. The van der Waals surface area contributed by atoms with E-state index < -0.39 is 0 Å². The highest BCUT2D eigenvalue weighted by Gasteiger charge is 2.58. The van der Waals surface area contributed by atoms with Gasteiger partial charge in [-0.2, -0.15) is 0 Å². The Bertz CT molecular complexity index is 1060. The van der Waals surface area contributed by atoms with E-state index in [1.54, 1.807) is 0 Å². The summed E-state index contributed by atoms with van der Waals surface area (Å²) < 4.78 is 11.2. The predicted octanol–water partition coefficient (Wildman–Crippen LogP) is 6.65. The maximum absolute atomic E-state index is 13.2. The molecule has 5 atom stereocenters. The lowest BCUT2D eigenvalue weighted by atomic mass is 9.54. The maximum Gasteiger partial charge on any atom is 0.305 e. The zero-order chi connectivity index (χ0) is 24.4. The fourth-order valence-corrected chi connectivity index (χ4v) is 7.46. The van der Waals surface area contributed by atoms with E-state index in [9.17, 15) is 9.59 Å². The fourth-order valence-electron chi connectivity index (χ4n) is 7.46. The number of hydrogen-bond donors (Lipinski definition) is 0. The summed E-state index contributed by atoms with van der Waals surface area (Å²) in [5, 5.41) is 0. The van der Waals surface area contributed by atoms with E-state index in [-0.39, 0.29) is 11.4 Å². The van der Waals surface area contributed by atoms with Crippen LogP contribution >= 0.6 is 0 Å². The van der Waals surface area contributed by atoms with Crippen LogP contribution in [0.25, 0.3) is 0 Å². The first kappa shape index (κ1) is 24.1. The van der Waals surface area contributed by atoms with E-state index in [1.165, 1.54) is 16.7 Å². The molecule has 4 heteroatoms. The number of rotatable bonds is 8. The minimum absolute atomic E-state index is 0.113. The molecule has 0 N–H and O–H groups in total. The maximum atomic E-state index is 13.2. The highest BCUT2D eigenvalue weighted by Crippen LogP contribution is 2.62. The van der Waals surface area contributed by atoms with Gasteiger partial charge >= 0.3 is 5.97 Å². The molecule has 3 aliphatic rings. The SMILES string of the molecule is CCOC(=O)CCCC1CC(=O)[C@@]2(C)CC[C@@H]3c4ccc(OCc5ccccc5)cc4CC[C@H]3[C@H]12. The van der Waals surface area contributed by atoms with Gasteiger partial charge in [0, 0.05) is 18.3 Å². The molecule has 0 heterocycles. The van der Waals surface area contributed by atoms with E-state index >= 15 is 0 Å². The van der Waals surface area contributed by atoms with Crippen LogP contribution in [0.3, 0.4) is 0 Å². The summed E-state index contributed by atoms with van der Waals surface area (Å²) in [5.74, 6) is 3.19. The second kappa shape index (κ2) is 10.2. The molecular weight excluding hydrogens is 436 g/mol. The number of hydrogen-bond acceptors (Lipinski definition) is 4. The number of Topliss-reactive ketones (excluding diaryl/α,β-unsaturated/α-hetero) is 1. The Kier molecular flexibility index (Phi) is 7.00. The van der Waals surface area contributed by atoms with Crippen LogP contribution in [0.15, 0.2) is 48.5 Å². The summed E-state index contributed by atoms with van der Waals surface area (Å²) in [4.78, 5) is 25.0. The molecule has 0 radical (unpaired) electrons. The zero-order valence-electron chi connectivity index (χ0n) is 21.1. The van der Waals surface area contributed by atoms with Crippen molar-refractivity contribution in [1.29, 1.82) is 0 Å². The normalized spacial score (nSPS) is 29.1. The van der Waals surface area contributed by atoms with Crippen LogP contribution in [0.1, 0.15) is 81.4 Å². The van der Waals surface area contributed by atoms with Gasteiger partial charge in [-0.15, -0.1) is 0 Å². The molecule has 0 bridgehead atoms. The number of fused-ring (bicyclic) bond motifs is 5. The van der Waals surface area contributed by atoms with Gasteiger partial charge in [-0.3, -0.25) is 9.59 Å². The Morgan fingerprint density at radius 3 is 2.74 bits per heavy atom. The van der Waals surface area contributed by atoms with Crippen molar-refractivity contribution in [2.24, 2.45) is 23.2 Å². The van der Waals surface area contributed by atoms with Crippen LogP contribution in [-0.2, 0) is 27.4 Å². The van der Waals surface area contributed by atoms with Crippen LogP contribution in [0, 0.1) is 23.2 Å². The number of ketones is 1. The number of benzene rings is 2. The van der Waals surface area contributed by atoms with Gasteiger partial charge in [0.1, 0.15) is 18.1 Å². The van der Waals surface area contributed by atoms with Crippen molar-refractivity contribution in [3.63, 3.8) is 0 Å². The van der Waals surface area contributed by atoms with Gasteiger partial charge in [-0.05, 0) is 97.9 Å². The quantitative estimate of drug-likeness (QED) is 0.402. The first-order valence-electron chi connectivity index (χ1n) is 13.5. The van der Waals surface area contributed by atoms with Gasteiger partial charge in [0.05, 0.1) is 6.61 Å². The first-order chi connectivity index (χ1) is 17.0. The average Bonchev–Trinajstić information content (AvgIpc) is 3.13. The molecule has 4 nitrogen and oxygen atoms in total. The van der Waals surface area contributed by atoms with Crippen LogP contribution in [0.4, 0.5) is 0 Å². The molecule has 5 rings (SSSR count). The summed E-state index contributed by atoms with van der Waals surface area (Å²) in [6.45, 7) is 5.10. The molecule has 1 unspecified atom stereocenters. The number of esters is 1. The Morgan fingerprint density at radius 1 is 1.11 bits per heavy atom. The Labute approximate surface area is 209 Å². The summed E-state index contributed by atoms with van der Waals surface area (Å²) >= 11 is 0. The molecule has 0 amide bonds. The van der Waals surface area contributed by atoms with Gasteiger partial charge in [0.15, 0.2) is 0 Å². The standard InChI is InChI=1S/C31H38O4/c1-3-34-29(33)11-7-10-23-19-28(32)31(2)17-16-26-25-15-13-24(35-20-21-8-5-4-6-9-21)18-22(25)12-14-27(26)30(23)31/h4-6,8-9,13,15,18,23,26-27,30H,3,7,10-12,14,16-17,19-20H2,1-2H3/t23?,26-,27-,30+,31-/m1/s1. The molecular formula is C31H38O4. The molecule has 2 saturated carbocycles. The lowest BCUT2D eigenvalue weighted by molar-refractivity contribution is -0.143. The monoisotopic (exact) mass is 474 g/mol. The highest BCUT2D eigenvalue weighted by molar-refractivity contribution is 5.87. The third-order valence-corrected chi connectivity index (χ3v) is 9.05. The number of aryl methyl sites for hydroxylation is 1. The van der Waals surface area contributed by atoms with Gasteiger partial charge in [-0.1, -0.05) is 43.3 Å². The smallest absolute Gasteiger partial charge is 0.305 e.